The average Bonchev–Trinajstić information content (AvgIpc) is 3.31. The molecule has 2 aliphatic heterocycles. The zero-order chi connectivity index (χ0) is 21.9. The van der Waals surface area contributed by atoms with Crippen LogP contribution in [0, 0.1) is 0 Å². The lowest BCUT2D eigenvalue weighted by Gasteiger charge is -2.26. The number of thioether (sulfide) groups is 1. The van der Waals surface area contributed by atoms with Gasteiger partial charge in [-0.2, -0.15) is 11.8 Å². The van der Waals surface area contributed by atoms with Gasteiger partial charge in [-0.25, -0.2) is 4.99 Å². The number of hydrogen-bond donors (Lipinski definition) is 1. The van der Waals surface area contributed by atoms with Gasteiger partial charge in [-0.3, -0.25) is 14.9 Å². The molecule has 1 atom stereocenters. The van der Waals surface area contributed by atoms with E-state index >= 15 is 0 Å². The first-order valence-electron chi connectivity index (χ1n) is 11.1. The van der Waals surface area contributed by atoms with Gasteiger partial charge in [-0.05, 0) is 36.7 Å². The van der Waals surface area contributed by atoms with Gasteiger partial charge in [0.25, 0.3) is 5.91 Å². The number of carbonyl (C=O) groups excluding carboxylic acids is 2. The summed E-state index contributed by atoms with van der Waals surface area (Å²) in [5.41, 5.74) is 2.85. The number of imide groups is 1. The molecule has 2 aliphatic rings. The summed E-state index contributed by atoms with van der Waals surface area (Å²) in [6.07, 6.45) is 3.09. The van der Waals surface area contributed by atoms with Gasteiger partial charge in [-0.1, -0.05) is 36.4 Å². The van der Waals surface area contributed by atoms with E-state index < -0.39 is 11.8 Å². The third-order valence-electron chi connectivity index (χ3n) is 6.12. The van der Waals surface area contributed by atoms with Gasteiger partial charge in [0.05, 0.1) is 5.69 Å². The average molecular weight is 447 g/mol. The zero-order valence-electron chi connectivity index (χ0n) is 17.9. The molecule has 3 aromatic rings. The summed E-state index contributed by atoms with van der Waals surface area (Å²) in [5, 5.41) is 3.47. The van der Waals surface area contributed by atoms with Crippen molar-refractivity contribution in [2.75, 3.05) is 31.1 Å². The molecule has 164 valence electrons. The summed E-state index contributed by atoms with van der Waals surface area (Å²) in [7, 11) is 0. The van der Waals surface area contributed by atoms with E-state index in [4.69, 9.17) is 0 Å². The van der Waals surface area contributed by atoms with Crippen molar-refractivity contribution in [3.63, 3.8) is 0 Å². The first-order valence-corrected chi connectivity index (χ1v) is 12.2. The Balaban J connectivity index is 1.45. The Morgan fingerprint density at radius 2 is 1.72 bits per heavy atom. The van der Waals surface area contributed by atoms with Crippen molar-refractivity contribution in [2.24, 2.45) is 4.99 Å². The number of nitrogens with zero attached hydrogens (tertiary/aromatic N) is 3. The molecule has 2 aromatic carbocycles. The molecule has 32 heavy (non-hydrogen) atoms. The zero-order valence-corrected chi connectivity index (χ0v) is 18.7. The van der Waals surface area contributed by atoms with Gasteiger partial charge in [0.1, 0.15) is 11.6 Å². The molecular formula is C25H26N4O2S. The van der Waals surface area contributed by atoms with Crippen molar-refractivity contribution in [3.05, 3.63) is 66.4 Å². The molecule has 2 amide bonds. The number of amides is 2. The molecule has 1 aromatic heterocycles. The molecule has 2 fully saturated rings. The van der Waals surface area contributed by atoms with E-state index in [2.05, 4.69) is 25.8 Å². The maximum Gasteiger partial charge on any atom is 0.273 e. The number of rotatable bonds is 6. The largest absolute Gasteiger partial charge is 0.347 e. The predicted molar refractivity (Wildman–Crippen MR) is 130 cm³/mol. The van der Waals surface area contributed by atoms with Crippen LogP contribution in [0.15, 0.2) is 65.8 Å². The number of nitrogens with one attached hydrogen (secondary N) is 1. The molecule has 5 rings (SSSR count). The molecule has 2 saturated heterocycles. The van der Waals surface area contributed by atoms with Crippen molar-refractivity contribution in [1.29, 1.82) is 0 Å². The molecule has 6 nitrogen and oxygen atoms in total. The Labute approximate surface area is 191 Å². The highest BCUT2D eigenvalue weighted by Gasteiger charge is 2.40. The number of aliphatic imine (C=N–C) groups is 1. The van der Waals surface area contributed by atoms with Gasteiger partial charge < -0.3 is 9.47 Å². The fourth-order valence-corrected chi connectivity index (χ4v) is 5.51. The number of hydrogen-bond acceptors (Lipinski definition) is 5. The molecule has 0 radical (unpaired) electrons. The van der Waals surface area contributed by atoms with Gasteiger partial charge in [0.2, 0.25) is 5.91 Å². The van der Waals surface area contributed by atoms with Gasteiger partial charge in [0.15, 0.2) is 0 Å². The molecule has 7 heteroatoms. The second-order valence-electron chi connectivity index (χ2n) is 8.19. The van der Waals surface area contributed by atoms with Crippen molar-refractivity contribution in [1.82, 2.24) is 14.8 Å². The maximum absolute atomic E-state index is 12.8. The van der Waals surface area contributed by atoms with Crippen LogP contribution in [0.4, 0.5) is 5.69 Å². The molecule has 0 saturated carbocycles. The van der Waals surface area contributed by atoms with Crippen LogP contribution in [0.1, 0.15) is 17.9 Å². The lowest BCUT2D eigenvalue weighted by atomic mass is 9.95. The van der Waals surface area contributed by atoms with E-state index in [-0.39, 0.29) is 11.6 Å². The summed E-state index contributed by atoms with van der Waals surface area (Å²) in [4.78, 5) is 32.5. The SMILES string of the molecule is O=C1NC(=O)C(c2cn(CCCN3CCSCC3)c3ccccc23)C1=Nc1ccccc1. The fourth-order valence-electron chi connectivity index (χ4n) is 4.53. The lowest BCUT2D eigenvalue weighted by Crippen LogP contribution is -2.33. The lowest BCUT2D eigenvalue weighted by molar-refractivity contribution is -0.124. The van der Waals surface area contributed by atoms with E-state index in [1.54, 1.807) is 0 Å². The monoisotopic (exact) mass is 446 g/mol. The number of aryl methyl sites for hydroxylation is 1. The summed E-state index contributed by atoms with van der Waals surface area (Å²) in [6.45, 7) is 4.27. The molecule has 0 spiro atoms. The Morgan fingerprint density at radius 1 is 0.969 bits per heavy atom. The summed E-state index contributed by atoms with van der Waals surface area (Å²) in [6, 6.07) is 17.4. The first kappa shape index (κ1) is 21.0. The van der Waals surface area contributed by atoms with E-state index in [1.807, 2.05) is 66.5 Å². The number of benzene rings is 2. The van der Waals surface area contributed by atoms with Crippen LogP contribution in [0.3, 0.4) is 0 Å². The molecule has 1 N–H and O–H groups in total. The molecule has 3 heterocycles. The second-order valence-corrected chi connectivity index (χ2v) is 9.41. The Kier molecular flexibility index (Phi) is 6.10. The predicted octanol–water partition coefficient (Wildman–Crippen LogP) is 3.59. The Hall–Kier alpha value is -2.90. The van der Waals surface area contributed by atoms with Gasteiger partial charge in [-0.15, -0.1) is 0 Å². The maximum atomic E-state index is 12.8. The molecular weight excluding hydrogens is 420 g/mol. The second kappa shape index (κ2) is 9.30. The quantitative estimate of drug-likeness (QED) is 0.588. The van der Waals surface area contributed by atoms with Crippen LogP contribution in [-0.4, -0.2) is 58.1 Å². The highest BCUT2D eigenvalue weighted by molar-refractivity contribution is 7.99. The summed E-state index contributed by atoms with van der Waals surface area (Å²) >= 11 is 2.03. The first-order chi connectivity index (χ1) is 15.7. The Bertz CT molecular complexity index is 1170. The van der Waals surface area contributed by atoms with Gasteiger partial charge in [0, 0.05) is 48.2 Å². The summed E-state index contributed by atoms with van der Waals surface area (Å²) in [5.74, 6) is 1.01. The van der Waals surface area contributed by atoms with E-state index in [0.717, 1.165) is 49.1 Å². The molecule has 0 bridgehead atoms. The topological polar surface area (TPSA) is 66.7 Å². The molecule has 0 aliphatic carbocycles. The third-order valence-corrected chi connectivity index (χ3v) is 7.06. The third kappa shape index (κ3) is 4.23. The molecule has 1 unspecified atom stereocenters. The number of fused-ring (bicyclic) bond motifs is 1. The van der Waals surface area contributed by atoms with Crippen LogP contribution in [0.25, 0.3) is 10.9 Å². The van der Waals surface area contributed by atoms with Crippen LogP contribution < -0.4 is 5.32 Å². The van der Waals surface area contributed by atoms with Crippen molar-refractivity contribution >= 4 is 45.9 Å². The summed E-state index contributed by atoms with van der Waals surface area (Å²) < 4.78 is 2.22. The minimum atomic E-state index is -0.701. The smallest absolute Gasteiger partial charge is 0.273 e. The number of aromatic nitrogens is 1. The van der Waals surface area contributed by atoms with Gasteiger partial charge >= 0.3 is 0 Å². The Morgan fingerprint density at radius 3 is 2.53 bits per heavy atom. The highest BCUT2D eigenvalue weighted by atomic mass is 32.2. The van der Waals surface area contributed by atoms with Crippen LogP contribution >= 0.6 is 11.8 Å². The number of carbonyl (C=O) groups is 2. The van der Waals surface area contributed by atoms with Crippen LogP contribution in [0.5, 0.6) is 0 Å². The van der Waals surface area contributed by atoms with E-state index in [0.29, 0.717) is 5.69 Å². The van der Waals surface area contributed by atoms with Crippen molar-refractivity contribution < 1.29 is 9.59 Å². The minimum Gasteiger partial charge on any atom is -0.347 e. The van der Waals surface area contributed by atoms with Crippen LogP contribution in [-0.2, 0) is 16.1 Å². The minimum absolute atomic E-state index is 0.259. The number of para-hydroxylation sites is 2. The standard InChI is InChI=1S/C25H26N4O2S/c30-24-22(23(25(31)27-24)26-18-7-2-1-3-8-18)20-17-29(21-10-5-4-9-19(20)21)12-6-11-28-13-15-32-16-14-28/h1-5,7-10,17,22H,6,11-16H2,(H,27,30,31). The van der Waals surface area contributed by atoms with Crippen molar-refractivity contribution in [3.8, 4) is 0 Å². The van der Waals surface area contributed by atoms with Crippen molar-refractivity contribution in [2.45, 2.75) is 18.9 Å². The van der Waals surface area contributed by atoms with E-state index in [1.165, 1.54) is 11.5 Å². The normalized spacial score (nSPS) is 20.9. The van der Waals surface area contributed by atoms with E-state index in [9.17, 15) is 9.59 Å². The highest BCUT2D eigenvalue weighted by Crippen LogP contribution is 2.32. The van der Waals surface area contributed by atoms with Crippen LogP contribution in [0.2, 0.25) is 0 Å². The fraction of sp³-hybridized carbons (Fsp3) is 0.320.